The molecule has 36 heavy (non-hydrogen) atoms. The number of esters is 1. The Morgan fingerprint density at radius 1 is 0.917 bits per heavy atom. The van der Waals surface area contributed by atoms with Gasteiger partial charge in [0.15, 0.2) is 6.10 Å². The number of hydrogen-bond acceptors (Lipinski definition) is 7. The molecular weight excluding hydrogens is 525 g/mol. The Labute approximate surface area is 210 Å². The van der Waals surface area contributed by atoms with Crippen LogP contribution < -0.4 is 14.2 Å². The van der Waals surface area contributed by atoms with E-state index in [1.165, 1.54) is 56.5 Å². The number of rotatable bonds is 8. The van der Waals surface area contributed by atoms with Crippen LogP contribution >= 0.6 is 11.6 Å². The van der Waals surface area contributed by atoms with Gasteiger partial charge in [0, 0.05) is 6.07 Å². The minimum Gasteiger partial charge on any atom is -0.497 e. The van der Waals surface area contributed by atoms with Crippen LogP contribution in [0, 0.1) is 0 Å². The number of sulfone groups is 1. The molecule has 1 unspecified atom stereocenters. The van der Waals surface area contributed by atoms with Crippen molar-refractivity contribution < 1.29 is 45.3 Å². The van der Waals surface area contributed by atoms with E-state index in [-0.39, 0.29) is 32.1 Å². The number of carbonyl (C=O) groups excluding carboxylic acids is 1. The van der Waals surface area contributed by atoms with E-state index < -0.39 is 33.7 Å². The highest BCUT2D eigenvalue weighted by atomic mass is 35.5. The van der Waals surface area contributed by atoms with Gasteiger partial charge in [0.25, 0.3) is 0 Å². The van der Waals surface area contributed by atoms with Crippen LogP contribution in [0.1, 0.15) is 12.5 Å². The summed E-state index contributed by atoms with van der Waals surface area (Å²) >= 11 is 5.95. The zero-order valence-electron chi connectivity index (χ0n) is 19.1. The van der Waals surface area contributed by atoms with Crippen molar-refractivity contribution in [2.75, 3.05) is 14.2 Å². The number of ether oxygens (including phenoxy) is 4. The zero-order valence-corrected chi connectivity index (χ0v) is 20.7. The lowest BCUT2D eigenvalue weighted by molar-refractivity contribution is -0.148. The number of benzene rings is 3. The highest BCUT2D eigenvalue weighted by Gasteiger charge is 2.31. The second-order valence-electron chi connectivity index (χ2n) is 7.32. The van der Waals surface area contributed by atoms with E-state index in [2.05, 4.69) is 4.74 Å². The number of alkyl halides is 3. The van der Waals surface area contributed by atoms with E-state index in [0.29, 0.717) is 11.8 Å². The lowest BCUT2D eigenvalue weighted by Crippen LogP contribution is -2.25. The van der Waals surface area contributed by atoms with Gasteiger partial charge in [0.2, 0.25) is 9.84 Å². The van der Waals surface area contributed by atoms with Crippen molar-refractivity contribution in [2.24, 2.45) is 0 Å². The predicted molar refractivity (Wildman–Crippen MR) is 124 cm³/mol. The quantitative estimate of drug-likeness (QED) is 0.325. The first kappa shape index (κ1) is 27.2. The third-order valence-electron chi connectivity index (χ3n) is 4.90. The average molecular weight is 545 g/mol. The Balaban J connectivity index is 2.03. The van der Waals surface area contributed by atoms with Crippen LogP contribution in [0.2, 0.25) is 5.02 Å². The van der Waals surface area contributed by atoms with E-state index in [1.54, 1.807) is 0 Å². The summed E-state index contributed by atoms with van der Waals surface area (Å²) in [7, 11) is -1.55. The fourth-order valence-electron chi connectivity index (χ4n) is 3.04. The van der Waals surface area contributed by atoms with Gasteiger partial charge in [-0.3, -0.25) is 0 Å². The molecule has 7 nitrogen and oxygen atoms in total. The highest BCUT2D eigenvalue weighted by molar-refractivity contribution is 7.91. The Morgan fingerprint density at radius 3 is 2.11 bits per heavy atom. The first-order chi connectivity index (χ1) is 16.9. The number of methoxy groups -OCH3 is 2. The van der Waals surface area contributed by atoms with Crippen LogP contribution in [0.4, 0.5) is 13.2 Å². The Hall–Kier alpha value is -3.44. The summed E-state index contributed by atoms with van der Waals surface area (Å²) in [5.41, 5.74) is -0.961. The van der Waals surface area contributed by atoms with Crippen LogP contribution in [0.5, 0.6) is 23.0 Å². The molecule has 0 saturated heterocycles. The van der Waals surface area contributed by atoms with Crippen molar-refractivity contribution >= 4 is 27.4 Å². The fraction of sp³-hybridized carbons (Fsp3) is 0.208. The van der Waals surface area contributed by atoms with E-state index in [4.69, 9.17) is 25.8 Å². The topological polar surface area (TPSA) is 88.1 Å². The molecule has 0 bridgehead atoms. The van der Waals surface area contributed by atoms with Crippen LogP contribution in [0.3, 0.4) is 0 Å². The Bertz CT molecular complexity index is 1360. The van der Waals surface area contributed by atoms with Gasteiger partial charge in [0.05, 0.1) is 29.7 Å². The molecule has 3 aromatic rings. The van der Waals surface area contributed by atoms with E-state index >= 15 is 0 Å². The summed E-state index contributed by atoms with van der Waals surface area (Å²) in [6.45, 7) is 1.36. The lowest BCUT2D eigenvalue weighted by atomic mass is 10.2. The summed E-state index contributed by atoms with van der Waals surface area (Å²) in [4.78, 5) is 11.5. The predicted octanol–water partition coefficient (Wildman–Crippen LogP) is 5.93. The molecular formula is C24H20ClF3O7S. The molecule has 0 aliphatic rings. The smallest absolute Gasteiger partial charge is 0.416 e. The maximum Gasteiger partial charge on any atom is 0.416 e. The summed E-state index contributed by atoms with van der Waals surface area (Å²) in [5, 5.41) is -0.315. The van der Waals surface area contributed by atoms with E-state index in [0.717, 1.165) is 19.2 Å². The van der Waals surface area contributed by atoms with Crippen molar-refractivity contribution in [3.05, 3.63) is 71.2 Å². The van der Waals surface area contributed by atoms with Gasteiger partial charge < -0.3 is 18.9 Å². The monoisotopic (exact) mass is 544 g/mol. The molecule has 192 valence electrons. The molecule has 0 aromatic heterocycles. The molecule has 0 radical (unpaired) electrons. The van der Waals surface area contributed by atoms with E-state index in [1.807, 2.05) is 0 Å². The van der Waals surface area contributed by atoms with Gasteiger partial charge in [-0.2, -0.15) is 13.2 Å². The maximum atomic E-state index is 13.3. The summed E-state index contributed by atoms with van der Waals surface area (Å²) in [5.74, 6) is -0.675. The average Bonchev–Trinajstić information content (AvgIpc) is 2.84. The van der Waals surface area contributed by atoms with Crippen LogP contribution in [-0.2, 0) is 25.5 Å². The fourth-order valence-corrected chi connectivity index (χ4v) is 4.63. The Kier molecular flexibility index (Phi) is 8.05. The second kappa shape index (κ2) is 10.7. The molecule has 0 heterocycles. The summed E-state index contributed by atoms with van der Waals surface area (Å²) in [6.07, 6.45) is -5.78. The summed E-state index contributed by atoms with van der Waals surface area (Å²) in [6, 6.07) is 11.8. The first-order valence-corrected chi connectivity index (χ1v) is 12.0. The van der Waals surface area contributed by atoms with Gasteiger partial charge in [-0.05, 0) is 61.5 Å². The third kappa shape index (κ3) is 6.03. The molecule has 3 rings (SSSR count). The van der Waals surface area contributed by atoms with Gasteiger partial charge in [0.1, 0.15) is 27.9 Å². The molecule has 0 amide bonds. The standard InChI is InChI=1S/C24H20ClF3O7S/c1-14(23(29)33-3)34-21-13-17(35-20-10-4-15(12-19(20)25)24(26,27)28)7-11-22(21)36(30,31)18-8-5-16(32-2)6-9-18/h4-14H,1-3H3. The SMILES string of the molecule is COC(=O)C(C)Oc1cc(Oc2ccc(C(F)(F)F)cc2Cl)ccc1S(=O)(=O)c1ccc(OC)cc1. The van der Waals surface area contributed by atoms with Crippen molar-refractivity contribution in [1.29, 1.82) is 0 Å². The number of carbonyl (C=O) groups is 1. The van der Waals surface area contributed by atoms with Crippen molar-refractivity contribution in [2.45, 2.75) is 29.0 Å². The minimum atomic E-state index is -4.59. The van der Waals surface area contributed by atoms with Crippen molar-refractivity contribution in [3.8, 4) is 23.0 Å². The second-order valence-corrected chi connectivity index (χ2v) is 9.64. The zero-order chi connectivity index (χ0) is 26.7. The Morgan fingerprint density at radius 2 is 1.56 bits per heavy atom. The molecule has 1 atom stereocenters. The maximum absolute atomic E-state index is 13.3. The lowest BCUT2D eigenvalue weighted by Gasteiger charge is -2.18. The van der Waals surface area contributed by atoms with Crippen LogP contribution in [0.15, 0.2) is 70.5 Å². The molecule has 0 aliphatic heterocycles. The minimum absolute atomic E-state index is 0.00240. The third-order valence-corrected chi connectivity index (χ3v) is 7.00. The van der Waals surface area contributed by atoms with Crippen molar-refractivity contribution in [1.82, 2.24) is 0 Å². The first-order valence-electron chi connectivity index (χ1n) is 10.2. The van der Waals surface area contributed by atoms with Gasteiger partial charge >= 0.3 is 12.1 Å². The van der Waals surface area contributed by atoms with Crippen LogP contribution in [0.25, 0.3) is 0 Å². The highest BCUT2D eigenvalue weighted by Crippen LogP contribution is 2.39. The molecule has 0 fully saturated rings. The largest absolute Gasteiger partial charge is 0.497 e. The van der Waals surface area contributed by atoms with Gasteiger partial charge in [-0.15, -0.1) is 0 Å². The molecule has 0 spiro atoms. The normalized spacial score (nSPS) is 12.5. The molecule has 0 N–H and O–H groups in total. The number of halogens is 4. The summed E-state index contributed by atoms with van der Waals surface area (Å²) < 4.78 is 86.2. The molecule has 0 saturated carbocycles. The van der Waals surface area contributed by atoms with Gasteiger partial charge in [-0.1, -0.05) is 11.6 Å². The number of hydrogen-bond donors (Lipinski definition) is 0. The van der Waals surface area contributed by atoms with Gasteiger partial charge in [-0.25, -0.2) is 13.2 Å². The van der Waals surface area contributed by atoms with E-state index in [9.17, 15) is 26.4 Å². The van der Waals surface area contributed by atoms with Crippen molar-refractivity contribution in [3.63, 3.8) is 0 Å². The molecule has 0 aliphatic carbocycles. The van der Waals surface area contributed by atoms with Crippen LogP contribution in [-0.4, -0.2) is 34.7 Å². The molecule has 12 heteroatoms. The molecule has 3 aromatic carbocycles.